The van der Waals surface area contributed by atoms with Crippen LogP contribution >= 0.6 is 0 Å². The molecule has 0 aliphatic heterocycles. The summed E-state index contributed by atoms with van der Waals surface area (Å²) >= 11 is 0. The third-order valence-corrected chi connectivity index (χ3v) is 3.52. The van der Waals surface area contributed by atoms with Gasteiger partial charge < -0.3 is 10.0 Å². The molecule has 0 radical (unpaired) electrons. The van der Waals surface area contributed by atoms with Gasteiger partial charge in [0.2, 0.25) is 5.91 Å². The fourth-order valence-corrected chi connectivity index (χ4v) is 2.12. The summed E-state index contributed by atoms with van der Waals surface area (Å²) in [6.07, 6.45) is 4.33. The summed E-state index contributed by atoms with van der Waals surface area (Å²) in [4.78, 5) is 24.5. The van der Waals surface area contributed by atoms with E-state index in [9.17, 15) is 9.59 Å². The van der Waals surface area contributed by atoms with Crippen molar-refractivity contribution in [3.8, 4) is 0 Å². The first-order valence-electron chi connectivity index (χ1n) is 6.93. The Hall–Kier alpha value is -2.64. The fraction of sp³-hybridized carbons (Fsp3) is 0.429. The van der Waals surface area contributed by atoms with E-state index in [1.54, 1.807) is 18.1 Å². The summed E-state index contributed by atoms with van der Waals surface area (Å²) in [6.45, 7) is 5.23. The number of hydrogen-bond donors (Lipinski definition) is 1. The minimum absolute atomic E-state index is 0.00470. The Morgan fingerprint density at radius 2 is 2.05 bits per heavy atom. The van der Waals surface area contributed by atoms with E-state index in [1.807, 2.05) is 18.5 Å². The molecule has 2 aromatic rings. The SMILES string of the molecule is CCn1ncc(CN(C)C(=O)Cn2cc(C(=O)O)cn2)c1C. The molecule has 0 aliphatic carbocycles. The fourth-order valence-electron chi connectivity index (χ4n) is 2.12. The maximum absolute atomic E-state index is 12.2. The topological polar surface area (TPSA) is 93.2 Å². The number of rotatable bonds is 6. The molecule has 0 saturated heterocycles. The minimum atomic E-state index is -1.06. The second-order valence-corrected chi connectivity index (χ2v) is 5.05. The molecule has 22 heavy (non-hydrogen) atoms. The number of amides is 1. The lowest BCUT2D eigenvalue weighted by molar-refractivity contribution is -0.131. The summed E-state index contributed by atoms with van der Waals surface area (Å²) < 4.78 is 3.20. The van der Waals surface area contributed by atoms with Gasteiger partial charge in [-0.25, -0.2) is 4.79 Å². The zero-order chi connectivity index (χ0) is 16.3. The molecule has 1 amide bonds. The van der Waals surface area contributed by atoms with Crippen molar-refractivity contribution in [3.63, 3.8) is 0 Å². The average Bonchev–Trinajstić information content (AvgIpc) is 3.07. The molecular formula is C14H19N5O3. The molecule has 2 heterocycles. The molecule has 0 aliphatic rings. The number of nitrogens with zero attached hydrogens (tertiary/aromatic N) is 5. The first-order valence-corrected chi connectivity index (χ1v) is 6.93. The van der Waals surface area contributed by atoms with E-state index in [2.05, 4.69) is 10.2 Å². The standard InChI is InChI=1S/C14H19N5O3/c1-4-19-10(2)11(5-16-19)7-17(3)13(20)9-18-8-12(6-15-18)14(21)22/h5-6,8H,4,7,9H2,1-3H3,(H,21,22). The van der Waals surface area contributed by atoms with Crippen LogP contribution in [0.1, 0.15) is 28.5 Å². The molecule has 0 fully saturated rings. The van der Waals surface area contributed by atoms with Crippen molar-refractivity contribution in [1.82, 2.24) is 24.5 Å². The molecular weight excluding hydrogens is 286 g/mol. The molecule has 1 N–H and O–H groups in total. The first-order chi connectivity index (χ1) is 10.4. The van der Waals surface area contributed by atoms with Gasteiger partial charge in [0, 0.05) is 37.6 Å². The quantitative estimate of drug-likeness (QED) is 0.850. The zero-order valence-electron chi connectivity index (χ0n) is 12.9. The Morgan fingerprint density at radius 3 is 2.59 bits per heavy atom. The van der Waals surface area contributed by atoms with Crippen LogP contribution in [-0.2, 0) is 24.4 Å². The van der Waals surface area contributed by atoms with Crippen molar-refractivity contribution in [2.75, 3.05) is 7.05 Å². The Balaban J connectivity index is 1.99. The number of hydrogen-bond acceptors (Lipinski definition) is 4. The average molecular weight is 305 g/mol. The number of carbonyl (C=O) groups is 2. The van der Waals surface area contributed by atoms with Gasteiger partial charge in [-0.3, -0.25) is 14.2 Å². The van der Waals surface area contributed by atoms with Crippen molar-refractivity contribution in [2.45, 2.75) is 33.5 Å². The molecule has 8 nitrogen and oxygen atoms in total. The molecule has 8 heteroatoms. The van der Waals surface area contributed by atoms with Crippen LogP contribution in [0, 0.1) is 6.92 Å². The van der Waals surface area contributed by atoms with Crippen molar-refractivity contribution >= 4 is 11.9 Å². The molecule has 0 bridgehead atoms. The normalized spacial score (nSPS) is 10.7. The number of carboxylic acids is 1. The Bertz CT molecular complexity index is 688. The van der Waals surface area contributed by atoms with Crippen molar-refractivity contribution < 1.29 is 14.7 Å². The van der Waals surface area contributed by atoms with Crippen LogP contribution in [-0.4, -0.2) is 48.5 Å². The number of aromatic nitrogens is 4. The summed E-state index contributed by atoms with van der Waals surface area (Å²) in [6, 6.07) is 0. The predicted octanol–water partition coefficient (Wildman–Crippen LogP) is 0.765. The van der Waals surface area contributed by atoms with E-state index >= 15 is 0 Å². The molecule has 2 aromatic heterocycles. The largest absolute Gasteiger partial charge is 0.478 e. The summed E-state index contributed by atoms with van der Waals surface area (Å²) in [5, 5.41) is 17.0. The molecule has 0 saturated carbocycles. The highest BCUT2D eigenvalue weighted by Crippen LogP contribution is 2.10. The number of aryl methyl sites for hydroxylation is 1. The maximum atomic E-state index is 12.2. The van der Waals surface area contributed by atoms with Crippen LogP contribution < -0.4 is 0 Å². The van der Waals surface area contributed by atoms with Gasteiger partial charge in [0.15, 0.2) is 0 Å². The van der Waals surface area contributed by atoms with Gasteiger partial charge >= 0.3 is 5.97 Å². The van der Waals surface area contributed by atoms with E-state index < -0.39 is 5.97 Å². The summed E-state index contributed by atoms with van der Waals surface area (Å²) in [7, 11) is 1.70. The summed E-state index contributed by atoms with van der Waals surface area (Å²) in [5.41, 5.74) is 2.09. The second-order valence-electron chi connectivity index (χ2n) is 5.05. The lowest BCUT2D eigenvalue weighted by Crippen LogP contribution is -2.30. The highest BCUT2D eigenvalue weighted by molar-refractivity contribution is 5.87. The van der Waals surface area contributed by atoms with Crippen LogP contribution in [0.3, 0.4) is 0 Å². The van der Waals surface area contributed by atoms with Crippen molar-refractivity contribution in [2.24, 2.45) is 0 Å². The van der Waals surface area contributed by atoms with Gasteiger partial charge in [0.25, 0.3) is 0 Å². The molecule has 2 rings (SSSR count). The Morgan fingerprint density at radius 1 is 1.32 bits per heavy atom. The van der Waals surface area contributed by atoms with Gasteiger partial charge in [-0.05, 0) is 13.8 Å². The number of carbonyl (C=O) groups excluding carboxylic acids is 1. The summed E-state index contributed by atoms with van der Waals surface area (Å²) in [5.74, 6) is -1.21. The van der Waals surface area contributed by atoms with Crippen LogP contribution in [0.5, 0.6) is 0 Å². The van der Waals surface area contributed by atoms with Crippen LogP contribution in [0.25, 0.3) is 0 Å². The smallest absolute Gasteiger partial charge is 0.338 e. The van der Waals surface area contributed by atoms with Crippen molar-refractivity contribution in [1.29, 1.82) is 0 Å². The maximum Gasteiger partial charge on any atom is 0.338 e. The zero-order valence-corrected chi connectivity index (χ0v) is 12.9. The lowest BCUT2D eigenvalue weighted by Gasteiger charge is -2.17. The number of aromatic carboxylic acids is 1. The number of carboxylic acid groups (broad SMARTS) is 1. The third kappa shape index (κ3) is 3.33. The monoisotopic (exact) mass is 305 g/mol. The van der Waals surface area contributed by atoms with Crippen molar-refractivity contribution in [3.05, 3.63) is 35.4 Å². The van der Waals surface area contributed by atoms with E-state index in [-0.39, 0.29) is 18.0 Å². The third-order valence-electron chi connectivity index (χ3n) is 3.52. The number of likely N-dealkylation sites (N-methyl/N-ethyl adjacent to an activating group) is 1. The molecule has 0 unspecified atom stereocenters. The molecule has 0 atom stereocenters. The van der Waals surface area contributed by atoms with E-state index in [0.29, 0.717) is 6.54 Å². The molecule has 118 valence electrons. The first kappa shape index (κ1) is 15.7. The predicted molar refractivity (Wildman–Crippen MR) is 78.3 cm³/mol. The van der Waals surface area contributed by atoms with Crippen LogP contribution in [0.2, 0.25) is 0 Å². The van der Waals surface area contributed by atoms with Gasteiger partial charge in [-0.1, -0.05) is 0 Å². The Kier molecular flexibility index (Phi) is 4.59. The molecule has 0 aromatic carbocycles. The van der Waals surface area contributed by atoms with E-state index in [0.717, 1.165) is 17.8 Å². The highest BCUT2D eigenvalue weighted by Gasteiger charge is 2.15. The lowest BCUT2D eigenvalue weighted by atomic mass is 10.2. The molecule has 0 spiro atoms. The van der Waals surface area contributed by atoms with Crippen LogP contribution in [0.4, 0.5) is 0 Å². The van der Waals surface area contributed by atoms with Gasteiger partial charge in [-0.2, -0.15) is 10.2 Å². The highest BCUT2D eigenvalue weighted by atomic mass is 16.4. The van der Waals surface area contributed by atoms with E-state index in [4.69, 9.17) is 5.11 Å². The minimum Gasteiger partial charge on any atom is -0.478 e. The van der Waals surface area contributed by atoms with Gasteiger partial charge in [-0.15, -0.1) is 0 Å². The van der Waals surface area contributed by atoms with Gasteiger partial charge in [0.05, 0.1) is 18.0 Å². The Labute approximate surface area is 127 Å². The van der Waals surface area contributed by atoms with Crippen LogP contribution in [0.15, 0.2) is 18.6 Å². The van der Waals surface area contributed by atoms with E-state index in [1.165, 1.54) is 17.1 Å². The van der Waals surface area contributed by atoms with Gasteiger partial charge in [0.1, 0.15) is 6.54 Å². The second kappa shape index (κ2) is 6.42.